The maximum Gasteiger partial charge on any atom is 0.350 e. The molecule has 1 aromatic carbocycles. The lowest BCUT2D eigenvalue weighted by molar-refractivity contribution is -0.384. The summed E-state index contributed by atoms with van der Waals surface area (Å²) in [4.78, 5) is 37.0. The molecule has 2 fully saturated rings. The molecular formula is C19H23N3O6. The zero-order valence-electron chi connectivity index (χ0n) is 16.1. The molecule has 0 aromatic heterocycles. The minimum atomic E-state index is -1.32. The lowest BCUT2D eigenvalue weighted by Gasteiger charge is -2.31. The standard InChI is InChI=1S/C19H23N3O6/c1-12-6-8-21(9-7-12)15-5-4-13(10-16(15)22(25)26)20-11-14-17(23)27-19(2,3)28-18(14)24/h4-5,10-12,20H,6-9H2,1-3H3. The van der Waals surface area contributed by atoms with E-state index in [-0.39, 0.29) is 11.3 Å². The van der Waals surface area contributed by atoms with Crippen LogP contribution in [-0.4, -0.2) is 35.7 Å². The number of nitrogens with one attached hydrogen (secondary N) is 1. The average Bonchev–Trinajstić information content (AvgIpc) is 2.60. The number of ether oxygens (including phenoxy) is 2. The van der Waals surface area contributed by atoms with Crippen molar-refractivity contribution in [1.29, 1.82) is 0 Å². The highest BCUT2D eigenvalue weighted by atomic mass is 16.7. The molecule has 28 heavy (non-hydrogen) atoms. The van der Waals surface area contributed by atoms with Gasteiger partial charge in [0.15, 0.2) is 5.57 Å². The van der Waals surface area contributed by atoms with Crippen molar-refractivity contribution in [1.82, 2.24) is 0 Å². The van der Waals surface area contributed by atoms with Crippen LogP contribution in [0.1, 0.15) is 33.6 Å². The van der Waals surface area contributed by atoms with Gasteiger partial charge in [0, 0.05) is 44.9 Å². The Kier molecular flexibility index (Phi) is 5.26. The molecule has 9 heteroatoms. The summed E-state index contributed by atoms with van der Waals surface area (Å²) in [5.41, 5.74) is 0.594. The zero-order chi connectivity index (χ0) is 20.5. The number of esters is 2. The molecule has 9 nitrogen and oxygen atoms in total. The Morgan fingerprint density at radius 3 is 2.39 bits per heavy atom. The fourth-order valence-corrected chi connectivity index (χ4v) is 3.21. The SMILES string of the molecule is CC1CCN(c2ccc(NC=C3C(=O)OC(C)(C)OC3=O)cc2[N+](=O)[O-])CC1. The van der Waals surface area contributed by atoms with Gasteiger partial charge in [0.2, 0.25) is 0 Å². The zero-order valence-corrected chi connectivity index (χ0v) is 16.1. The van der Waals surface area contributed by atoms with Gasteiger partial charge in [0.1, 0.15) is 5.69 Å². The van der Waals surface area contributed by atoms with Crippen molar-refractivity contribution in [3.63, 3.8) is 0 Å². The minimum Gasteiger partial charge on any atom is -0.419 e. The van der Waals surface area contributed by atoms with Gasteiger partial charge in [-0.1, -0.05) is 6.92 Å². The highest BCUT2D eigenvalue weighted by molar-refractivity contribution is 6.15. The Labute approximate surface area is 162 Å². The van der Waals surface area contributed by atoms with E-state index < -0.39 is 22.6 Å². The number of hydrogen-bond donors (Lipinski definition) is 1. The maximum absolute atomic E-state index is 12.0. The van der Waals surface area contributed by atoms with E-state index in [0.29, 0.717) is 17.3 Å². The van der Waals surface area contributed by atoms with E-state index in [4.69, 9.17) is 9.47 Å². The van der Waals surface area contributed by atoms with Gasteiger partial charge in [-0.2, -0.15) is 0 Å². The number of carbonyl (C=O) groups excluding carboxylic acids is 2. The number of nitro groups is 1. The Morgan fingerprint density at radius 2 is 1.82 bits per heavy atom. The van der Waals surface area contributed by atoms with Crippen LogP contribution in [0.5, 0.6) is 0 Å². The van der Waals surface area contributed by atoms with Gasteiger partial charge in [0.05, 0.1) is 4.92 Å². The third-order valence-corrected chi connectivity index (χ3v) is 4.80. The smallest absolute Gasteiger partial charge is 0.350 e. The molecule has 0 saturated carbocycles. The van der Waals surface area contributed by atoms with Crippen LogP contribution in [0.25, 0.3) is 0 Å². The Hall–Kier alpha value is -3.10. The largest absolute Gasteiger partial charge is 0.419 e. The topological polar surface area (TPSA) is 111 Å². The second kappa shape index (κ2) is 7.49. The molecule has 2 aliphatic rings. The summed E-state index contributed by atoms with van der Waals surface area (Å²) in [7, 11) is 0. The van der Waals surface area contributed by atoms with Gasteiger partial charge in [-0.3, -0.25) is 10.1 Å². The molecule has 1 aromatic rings. The van der Waals surface area contributed by atoms with Crippen molar-refractivity contribution < 1.29 is 24.0 Å². The van der Waals surface area contributed by atoms with E-state index in [1.807, 2.05) is 4.90 Å². The van der Waals surface area contributed by atoms with Crippen LogP contribution in [0.15, 0.2) is 30.0 Å². The predicted octanol–water partition coefficient (Wildman–Crippen LogP) is 2.96. The van der Waals surface area contributed by atoms with E-state index in [9.17, 15) is 19.7 Å². The molecule has 2 heterocycles. The second-order valence-corrected chi connectivity index (χ2v) is 7.51. The number of carbonyl (C=O) groups is 2. The molecule has 0 unspecified atom stereocenters. The molecule has 1 N–H and O–H groups in total. The van der Waals surface area contributed by atoms with Gasteiger partial charge in [0.25, 0.3) is 11.5 Å². The number of nitro benzene ring substituents is 1. The van der Waals surface area contributed by atoms with Crippen LogP contribution in [0.4, 0.5) is 17.1 Å². The number of cyclic esters (lactones) is 2. The van der Waals surface area contributed by atoms with Crippen molar-refractivity contribution in [3.05, 3.63) is 40.1 Å². The second-order valence-electron chi connectivity index (χ2n) is 7.51. The quantitative estimate of drug-likeness (QED) is 0.275. The van der Waals surface area contributed by atoms with Crippen LogP contribution in [-0.2, 0) is 19.1 Å². The summed E-state index contributed by atoms with van der Waals surface area (Å²) in [5.74, 6) is -2.34. The van der Waals surface area contributed by atoms with E-state index in [2.05, 4.69) is 12.2 Å². The molecule has 0 amide bonds. The number of benzene rings is 1. The van der Waals surface area contributed by atoms with Gasteiger partial charge < -0.3 is 19.7 Å². The van der Waals surface area contributed by atoms with Gasteiger partial charge in [-0.15, -0.1) is 0 Å². The van der Waals surface area contributed by atoms with E-state index in [0.717, 1.165) is 32.1 Å². The van der Waals surface area contributed by atoms with Gasteiger partial charge >= 0.3 is 11.9 Å². The normalized spacial score (nSPS) is 19.7. The van der Waals surface area contributed by atoms with E-state index >= 15 is 0 Å². The van der Waals surface area contributed by atoms with Crippen LogP contribution < -0.4 is 10.2 Å². The molecule has 2 saturated heterocycles. The van der Waals surface area contributed by atoms with Crippen molar-refractivity contribution in [2.75, 3.05) is 23.3 Å². The molecule has 0 bridgehead atoms. The first kappa shape index (κ1) is 19.7. The first-order valence-electron chi connectivity index (χ1n) is 9.13. The molecule has 0 atom stereocenters. The summed E-state index contributed by atoms with van der Waals surface area (Å²) in [6.45, 7) is 6.63. The van der Waals surface area contributed by atoms with Crippen molar-refractivity contribution in [2.24, 2.45) is 5.92 Å². The van der Waals surface area contributed by atoms with Crippen LogP contribution in [0, 0.1) is 16.0 Å². The monoisotopic (exact) mass is 389 g/mol. The number of nitrogens with zero attached hydrogens (tertiary/aromatic N) is 2. The first-order valence-corrected chi connectivity index (χ1v) is 9.13. The van der Waals surface area contributed by atoms with Gasteiger partial charge in [-0.05, 0) is 30.9 Å². The molecule has 0 spiro atoms. The fourth-order valence-electron chi connectivity index (χ4n) is 3.21. The lowest BCUT2D eigenvalue weighted by atomic mass is 9.98. The third kappa shape index (κ3) is 4.24. The molecule has 2 aliphatic heterocycles. The maximum atomic E-state index is 12.0. The van der Waals surface area contributed by atoms with E-state index in [1.165, 1.54) is 19.9 Å². The Morgan fingerprint density at radius 1 is 1.21 bits per heavy atom. The molecule has 0 aliphatic carbocycles. The number of piperidine rings is 1. The number of rotatable bonds is 4. The molecule has 3 rings (SSSR count). The van der Waals surface area contributed by atoms with Gasteiger partial charge in [-0.25, -0.2) is 9.59 Å². The molecule has 150 valence electrons. The van der Waals surface area contributed by atoms with Crippen LogP contribution >= 0.6 is 0 Å². The highest BCUT2D eigenvalue weighted by Gasteiger charge is 2.39. The van der Waals surface area contributed by atoms with Crippen molar-refractivity contribution in [3.8, 4) is 0 Å². The first-order chi connectivity index (χ1) is 13.2. The lowest BCUT2D eigenvalue weighted by Crippen LogP contribution is -2.42. The number of hydrogen-bond acceptors (Lipinski definition) is 8. The van der Waals surface area contributed by atoms with Crippen molar-refractivity contribution in [2.45, 2.75) is 39.4 Å². The Bertz CT molecular complexity index is 818. The number of anilines is 2. The summed E-state index contributed by atoms with van der Waals surface area (Å²) in [6.07, 6.45) is 3.12. The highest BCUT2D eigenvalue weighted by Crippen LogP contribution is 2.34. The molecule has 0 radical (unpaired) electrons. The minimum absolute atomic E-state index is 0.0344. The summed E-state index contributed by atoms with van der Waals surface area (Å²) < 4.78 is 10.0. The van der Waals surface area contributed by atoms with Crippen molar-refractivity contribution >= 4 is 29.0 Å². The van der Waals surface area contributed by atoms with Crippen LogP contribution in [0.3, 0.4) is 0 Å². The molecular weight excluding hydrogens is 366 g/mol. The Balaban J connectivity index is 1.80. The summed E-state index contributed by atoms with van der Waals surface area (Å²) in [5, 5.41) is 14.3. The third-order valence-electron chi connectivity index (χ3n) is 4.80. The predicted molar refractivity (Wildman–Crippen MR) is 102 cm³/mol. The fraction of sp³-hybridized carbons (Fsp3) is 0.474. The summed E-state index contributed by atoms with van der Waals surface area (Å²) in [6, 6.07) is 4.73. The van der Waals surface area contributed by atoms with E-state index in [1.54, 1.807) is 12.1 Å². The van der Waals surface area contributed by atoms with Crippen LogP contribution in [0.2, 0.25) is 0 Å². The summed E-state index contributed by atoms with van der Waals surface area (Å²) >= 11 is 0. The average molecular weight is 389 g/mol.